The molecule has 0 aliphatic carbocycles. The van der Waals surface area contributed by atoms with Gasteiger partial charge in [-0.25, -0.2) is 12.7 Å². The van der Waals surface area contributed by atoms with Crippen molar-refractivity contribution in [2.45, 2.75) is 51.6 Å². The minimum atomic E-state index is -3.12. The zero-order chi connectivity index (χ0) is 16.5. The van der Waals surface area contributed by atoms with Crippen molar-refractivity contribution in [3.05, 3.63) is 11.7 Å². The molecule has 22 heavy (non-hydrogen) atoms. The smallest absolute Gasteiger partial charge is 0.243 e. The van der Waals surface area contributed by atoms with E-state index in [-0.39, 0.29) is 18.0 Å². The molecule has 0 bridgehead atoms. The predicted molar refractivity (Wildman–Crippen MR) is 84.0 cm³/mol. The Bertz CT molecular complexity index is 591. The number of aromatic nitrogens is 2. The van der Waals surface area contributed by atoms with Gasteiger partial charge in [-0.2, -0.15) is 4.98 Å². The van der Waals surface area contributed by atoms with Crippen LogP contribution in [0.1, 0.15) is 57.3 Å². The molecule has 1 aliphatic heterocycles. The Hall–Kier alpha value is -0.990. The van der Waals surface area contributed by atoms with E-state index in [0.717, 1.165) is 31.8 Å². The van der Waals surface area contributed by atoms with Crippen molar-refractivity contribution in [2.24, 2.45) is 0 Å². The SMILES string of the molecule is CC(C)c1noc(C(C)N2CCC(N(C)S(C)(=O)=O)CC2)n1. The summed E-state index contributed by atoms with van der Waals surface area (Å²) < 4.78 is 30.1. The van der Waals surface area contributed by atoms with Crippen molar-refractivity contribution >= 4 is 10.0 Å². The maximum absolute atomic E-state index is 11.6. The molecule has 8 heteroatoms. The fourth-order valence-corrected chi connectivity index (χ4v) is 3.47. The quantitative estimate of drug-likeness (QED) is 0.816. The highest BCUT2D eigenvalue weighted by molar-refractivity contribution is 7.88. The summed E-state index contributed by atoms with van der Waals surface area (Å²) >= 11 is 0. The molecule has 1 atom stereocenters. The fourth-order valence-electron chi connectivity index (χ4n) is 2.72. The Morgan fingerprint density at radius 2 is 1.86 bits per heavy atom. The van der Waals surface area contributed by atoms with Gasteiger partial charge in [-0.3, -0.25) is 4.90 Å². The summed E-state index contributed by atoms with van der Waals surface area (Å²) in [5, 5.41) is 4.01. The topological polar surface area (TPSA) is 79.5 Å². The standard InChI is InChI=1S/C14H26N4O3S/c1-10(2)13-15-14(21-16-13)11(3)18-8-6-12(7-9-18)17(4)22(5,19)20/h10-12H,6-9H2,1-5H3. The van der Waals surface area contributed by atoms with Crippen molar-refractivity contribution in [2.75, 3.05) is 26.4 Å². The molecule has 1 aromatic rings. The summed E-state index contributed by atoms with van der Waals surface area (Å²) in [7, 11) is -1.47. The number of nitrogens with zero attached hydrogens (tertiary/aromatic N) is 4. The van der Waals surface area contributed by atoms with Crippen LogP contribution < -0.4 is 0 Å². The van der Waals surface area contributed by atoms with Crippen molar-refractivity contribution in [1.82, 2.24) is 19.3 Å². The second-order valence-corrected chi connectivity index (χ2v) is 8.41. The van der Waals surface area contributed by atoms with Crippen molar-refractivity contribution in [3.8, 4) is 0 Å². The molecule has 1 aliphatic rings. The lowest BCUT2D eigenvalue weighted by atomic mass is 10.0. The fraction of sp³-hybridized carbons (Fsp3) is 0.857. The third-order valence-electron chi connectivity index (χ3n) is 4.42. The van der Waals surface area contributed by atoms with Gasteiger partial charge >= 0.3 is 0 Å². The van der Waals surface area contributed by atoms with E-state index < -0.39 is 10.0 Å². The highest BCUT2D eigenvalue weighted by atomic mass is 32.2. The molecule has 1 aromatic heterocycles. The molecule has 0 spiro atoms. The monoisotopic (exact) mass is 330 g/mol. The van der Waals surface area contributed by atoms with Crippen LogP contribution in [0.4, 0.5) is 0 Å². The van der Waals surface area contributed by atoms with E-state index >= 15 is 0 Å². The number of sulfonamides is 1. The number of hydrogen-bond donors (Lipinski definition) is 0. The zero-order valence-corrected chi connectivity index (χ0v) is 14.8. The molecule has 0 saturated carbocycles. The summed E-state index contributed by atoms with van der Waals surface area (Å²) in [5.41, 5.74) is 0. The summed E-state index contributed by atoms with van der Waals surface area (Å²) in [6.07, 6.45) is 2.89. The number of rotatable bonds is 5. The molecule has 0 radical (unpaired) electrons. The second kappa shape index (κ2) is 6.64. The minimum absolute atomic E-state index is 0.0597. The van der Waals surface area contributed by atoms with Crippen LogP contribution >= 0.6 is 0 Å². The molecule has 1 unspecified atom stereocenters. The molecule has 1 fully saturated rings. The van der Waals surface area contributed by atoms with Crippen LogP contribution in [-0.2, 0) is 10.0 Å². The Morgan fingerprint density at radius 1 is 1.27 bits per heavy atom. The van der Waals surface area contributed by atoms with Gasteiger partial charge in [0.15, 0.2) is 5.82 Å². The molecule has 2 heterocycles. The van der Waals surface area contributed by atoms with Crippen LogP contribution in [0.3, 0.4) is 0 Å². The van der Waals surface area contributed by atoms with E-state index in [9.17, 15) is 8.42 Å². The largest absolute Gasteiger partial charge is 0.338 e. The van der Waals surface area contributed by atoms with Crippen molar-refractivity contribution in [3.63, 3.8) is 0 Å². The van der Waals surface area contributed by atoms with E-state index in [4.69, 9.17) is 4.52 Å². The molecule has 0 amide bonds. The predicted octanol–water partition coefficient (Wildman–Crippen LogP) is 1.61. The Balaban J connectivity index is 1.96. The van der Waals surface area contributed by atoms with Crippen LogP contribution in [0.2, 0.25) is 0 Å². The summed E-state index contributed by atoms with van der Waals surface area (Å²) in [5.74, 6) is 1.62. The van der Waals surface area contributed by atoms with Crippen molar-refractivity contribution in [1.29, 1.82) is 0 Å². The Labute approximate surface area is 132 Å². The highest BCUT2D eigenvalue weighted by Crippen LogP contribution is 2.26. The van der Waals surface area contributed by atoms with Crippen molar-refractivity contribution < 1.29 is 12.9 Å². The van der Waals surface area contributed by atoms with Gasteiger partial charge in [0.1, 0.15) is 0 Å². The molecule has 126 valence electrons. The van der Waals surface area contributed by atoms with Crippen LogP contribution in [-0.4, -0.2) is 60.2 Å². The molecule has 0 N–H and O–H groups in total. The maximum atomic E-state index is 11.6. The van der Waals surface area contributed by atoms with Gasteiger partial charge < -0.3 is 4.52 Å². The molecule has 2 rings (SSSR count). The average molecular weight is 330 g/mol. The first-order valence-electron chi connectivity index (χ1n) is 7.70. The first kappa shape index (κ1) is 17.4. The zero-order valence-electron chi connectivity index (χ0n) is 14.0. The first-order valence-corrected chi connectivity index (χ1v) is 9.55. The van der Waals surface area contributed by atoms with Gasteiger partial charge in [0.25, 0.3) is 0 Å². The summed E-state index contributed by atoms with van der Waals surface area (Å²) in [6, 6.07) is 0.136. The average Bonchev–Trinajstić information content (AvgIpc) is 2.95. The molecule has 7 nitrogen and oxygen atoms in total. The number of hydrogen-bond acceptors (Lipinski definition) is 6. The summed E-state index contributed by atoms with van der Waals surface area (Å²) in [4.78, 5) is 6.72. The Morgan fingerprint density at radius 3 is 2.32 bits per heavy atom. The van der Waals surface area contributed by atoms with E-state index in [1.807, 2.05) is 13.8 Å². The summed E-state index contributed by atoms with van der Waals surface area (Å²) in [6.45, 7) is 7.77. The lowest BCUT2D eigenvalue weighted by molar-refractivity contribution is 0.114. The van der Waals surface area contributed by atoms with Gasteiger partial charge in [0.2, 0.25) is 15.9 Å². The van der Waals surface area contributed by atoms with Gasteiger partial charge in [-0.15, -0.1) is 0 Å². The third kappa shape index (κ3) is 3.85. The van der Waals surface area contributed by atoms with Gasteiger partial charge in [0.05, 0.1) is 12.3 Å². The van der Waals surface area contributed by atoms with E-state index in [0.29, 0.717) is 5.89 Å². The lowest BCUT2D eigenvalue weighted by Gasteiger charge is -2.37. The third-order valence-corrected chi connectivity index (χ3v) is 5.76. The minimum Gasteiger partial charge on any atom is -0.338 e. The Kier molecular flexibility index (Phi) is 5.24. The normalized spacial score (nSPS) is 20.0. The molecular formula is C14H26N4O3S. The van der Waals surface area contributed by atoms with E-state index in [1.165, 1.54) is 10.6 Å². The number of piperidine rings is 1. The van der Waals surface area contributed by atoms with Gasteiger partial charge in [0, 0.05) is 32.1 Å². The second-order valence-electron chi connectivity index (χ2n) is 6.37. The van der Waals surface area contributed by atoms with Gasteiger partial charge in [-0.1, -0.05) is 19.0 Å². The maximum Gasteiger partial charge on any atom is 0.243 e. The van der Waals surface area contributed by atoms with Gasteiger partial charge in [-0.05, 0) is 19.8 Å². The molecular weight excluding hydrogens is 304 g/mol. The lowest BCUT2D eigenvalue weighted by Crippen LogP contribution is -2.45. The highest BCUT2D eigenvalue weighted by Gasteiger charge is 2.31. The van der Waals surface area contributed by atoms with Crippen LogP contribution in [0.25, 0.3) is 0 Å². The van der Waals surface area contributed by atoms with E-state index in [2.05, 4.69) is 22.0 Å². The molecule has 1 saturated heterocycles. The first-order chi connectivity index (χ1) is 10.2. The van der Waals surface area contributed by atoms with Crippen LogP contribution in [0.5, 0.6) is 0 Å². The number of likely N-dealkylation sites (tertiary alicyclic amines) is 1. The molecule has 0 aromatic carbocycles. The van der Waals surface area contributed by atoms with Crippen LogP contribution in [0, 0.1) is 0 Å². The van der Waals surface area contributed by atoms with Crippen LogP contribution in [0.15, 0.2) is 4.52 Å². The van der Waals surface area contributed by atoms with E-state index in [1.54, 1.807) is 7.05 Å².